The molecule has 1 saturated heterocycles. The predicted octanol–water partition coefficient (Wildman–Crippen LogP) is 3.70. The molecule has 4 rings (SSSR count). The fourth-order valence-electron chi connectivity index (χ4n) is 3.42. The Balaban J connectivity index is 1.59. The van der Waals surface area contributed by atoms with Crippen LogP contribution in [0.1, 0.15) is 24.7 Å². The van der Waals surface area contributed by atoms with Crippen molar-refractivity contribution in [3.63, 3.8) is 0 Å². The van der Waals surface area contributed by atoms with E-state index in [4.69, 9.17) is 4.52 Å². The Bertz CT molecular complexity index is 969. The van der Waals surface area contributed by atoms with E-state index in [0.717, 1.165) is 11.1 Å². The topological polar surface area (TPSA) is 75.4 Å². The van der Waals surface area contributed by atoms with E-state index in [1.807, 2.05) is 67.6 Å². The maximum Gasteiger partial charge on any atom is 0.325 e. The van der Waals surface area contributed by atoms with E-state index in [0.29, 0.717) is 17.9 Å². The van der Waals surface area contributed by atoms with Crippen molar-refractivity contribution >= 4 is 11.9 Å². The Morgan fingerprint density at radius 1 is 1.04 bits per heavy atom. The highest BCUT2D eigenvalue weighted by Crippen LogP contribution is 2.33. The van der Waals surface area contributed by atoms with Crippen molar-refractivity contribution in [2.45, 2.75) is 25.4 Å². The Kier molecular flexibility index (Phi) is 4.24. The van der Waals surface area contributed by atoms with Crippen LogP contribution in [-0.2, 0) is 16.9 Å². The highest BCUT2D eigenvalue weighted by Gasteiger charge is 2.51. The molecule has 1 atom stereocenters. The zero-order valence-electron chi connectivity index (χ0n) is 14.9. The molecule has 1 aromatic heterocycles. The Morgan fingerprint density at radius 3 is 2.37 bits per heavy atom. The number of amides is 3. The third-order valence-electron chi connectivity index (χ3n) is 4.92. The monoisotopic (exact) mass is 361 g/mol. The lowest BCUT2D eigenvalue weighted by atomic mass is 9.87. The first-order chi connectivity index (χ1) is 13.1. The van der Waals surface area contributed by atoms with Gasteiger partial charge in [0.05, 0.1) is 6.54 Å². The van der Waals surface area contributed by atoms with Crippen molar-refractivity contribution in [2.24, 2.45) is 0 Å². The minimum absolute atomic E-state index is 0.0408. The first-order valence-corrected chi connectivity index (χ1v) is 8.84. The summed E-state index contributed by atoms with van der Waals surface area (Å²) in [5.41, 5.74) is 1.32. The van der Waals surface area contributed by atoms with Crippen LogP contribution in [0.3, 0.4) is 0 Å². The minimum atomic E-state index is -1.04. The van der Waals surface area contributed by atoms with Gasteiger partial charge >= 0.3 is 6.03 Å². The van der Waals surface area contributed by atoms with Crippen molar-refractivity contribution in [1.29, 1.82) is 0 Å². The van der Waals surface area contributed by atoms with Crippen molar-refractivity contribution in [3.8, 4) is 11.3 Å². The minimum Gasteiger partial charge on any atom is -0.359 e. The van der Waals surface area contributed by atoms with E-state index in [-0.39, 0.29) is 12.5 Å². The number of aromatic nitrogens is 1. The molecule has 6 nitrogen and oxygen atoms in total. The van der Waals surface area contributed by atoms with Gasteiger partial charge in [0.15, 0.2) is 5.76 Å². The quantitative estimate of drug-likeness (QED) is 0.703. The molecule has 0 radical (unpaired) electrons. The maximum atomic E-state index is 13.1. The van der Waals surface area contributed by atoms with Gasteiger partial charge < -0.3 is 9.84 Å². The first-order valence-electron chi connectivity index (χ1n) is 8.84. The molecule has 3 aromatic rings. The van der Waals surface area contributed by atoms with Crippen LogP contribution in [0.4, 0.5) is 4.79 Å². The van der Waals surface area contributed by atoms with Gasteiger partial charge in [0.2, 0.25) is 0 Å². The van der Waals surface area contributed by atoms with E-state index in [1.54, 1.807) is 6.07 Å². The summed E-state index contributed by atoms with van der Waals surface area (Å²) in [5, 5.41) is 6.92. The zero-order chi connectivity index (χ0) is 18.9. The Hall–Kier alpha value is -3.41. The number of imide groups is 1. The van der Waals surface area contributed by atoms with Gasteiger partial charge in [-0.05, 0) is 12.0 Å². The Morgan fingerprint density at radius 2 is 1.70 bits per heavy atom. The number of nitrogens with zero attached hydrogens (tertiary/aromatic N) is 2. The maximum absolute atomic E-state index is 13.1. The van der Waals surface area contributed by atoms with Crippen LogP contribution < -0.4 is 5.32 Å². The normalized spacial score (nSPS) is 19.4. The third-order valence-corrected chi connectivity index (χ3v) is 4.92. The third kappa shape index (κ3) is 2.89. The van der Waals surface area contributed by atoms with E-state index in [2.05, 4.69) is 10.5 Å². The van der Waals surface area contributed by atoms with Crippen LogP contribution in [0, 0.1) is 0 Å². The predicted molar refractivity (Wildman–Crippen MR) is 99.4 cm³/mol. The van der Waals surface area contributed by atoms with Gasteiger partial charge in [-0.15, -0.1) is 0 Å². The summed E-state index contributed by atoms with van der Waals surface area (Å²) in [5.74, 6) is 0.177. The lowest BCUT2D eigenvalue weighted by Gasteiger charge is -2.25. The van der Waals surface area contributed by atoms with E-state index in [9.17, 15) is 9.59 Å². The summed E-state index contributed by atoms with van der Waals surface area (Å²) in [6.07, 6.45) is 0.462. The number of urea groups is 1. The summed E-state index contributed by atoms with van der Waals surface area (Å²) in [6, 6.07) is 20.2. The van der Waals surface area contributed by atoms with Gasteiger partial charge in [-0.25, -0.2) is 4.79 Å². The number of benzene rings is 2. The molecule has 1 unspecified atom stereocenters. The molecule has 6 heteroatoms. The van der Waals surface area contributed by atoms with Gasteiger partial charge in [0, 0.05) is 11.6 Å². The fraction of sp³-hybridized carbons (Fsp3) is 0.190. The van der Waals surface area contributed by atoms with E-state index in [1.165, 1.54) is 4.90 Å². The van der Waals surface area contributed by atoms with Crippen molar-refractivity contribution in [3.05, 3.63) is 78.1 Å². The highest BCUT2D eigenvalue weighted by molar-refractivity contribution is 6.07. The summed E-state index contributed by atoms with van der Waals surface area (Å²) < 4.78 is 5.36. The van der Waals surface area contributed by atoms with Crippen LogP contribution in [0.15, 0.2) is 71.3 Å². The molecule has 1 aliphatic rings. The molecule has 3 amide bonds. The van der Waals surface area contributed by atoms with E-state index >= 15 is 0 Å². The van der Waals surface area contributed by atoms with Gasteiger partial charge in [-0.2, -0.15) is 0 Å². The van der Waals surface area contributed by atoms with Crippen LogP contribution in [0.25, 0.3) is 11.3 Å². The van der Waals surface area contributed by atoms with E-state index < -0.39 is 11.6 Å². The lowest BCUT2D eigenvalue weighted by molar-refractivity contribution is -0.132. The molecule has 27 heavy (non-hydrogen) atoms. The smallest absolute Gasteiger partial charge is 0.325 e. The fourth-order valence-corrected chi connectivity index (χ4v) is 3.42. The average molecular weight is 361 g/mol. The number of nitrogens with one attached hydrogen (secondary N) is 1. The second-order valence-electron chi connectivity index (χ2n) is 6.49. The second-order valence-corrected chi connectivity index (χ2v) is 6.49. The largest absolute Gasteiger partial charge is 0.359 e. The Labute approximate surface area is 156 Å². The van der Waals surface area contributed by atoms with Crippen molar-refractivity contribution in [1.82, 2.24) is 15.4 Å². The highest BCUT2D eigenvalue weighted by atomic mass is 16.5. The number of hydrogen-bond donors (Lipinski definition) is 1. The van der Waals surface area contributed by atoms with Gasteiger partial charge in [-0.1, -0.05) is 72.7 Å². The summed E-state index contributed by atoms with van der Waals surface area (Å²) in [6.45, 7) is 1.93. The number of rotatable bonds is 5. The number of hydrogen-bond acceptors (Lipinski definition) is 4. The molecule has 2 aromatic carbocycles. The van der Waals surface area contributed by atoms with Gasteiger partial charge in [0.1, 0.15) is 11.2 Å². The molecule has 2 heterocycles. The molecular weight excluding hydrogens is 342 g/mol. The molecule has 1 fully saturated rings. The molecule has 0 saturated carbocycles. The second kappa shape index (κ2) is 6.72. The summed E-state index contributed by atoms with van der Waals surface area (Å²) in [4.78, 5) is 26.9. The zero-order valence-corrected chi connectivity index (χ0v) is 14.9. The molecule has 0 spiro atoms. The standard InChI is InChI=1S/C21H19N3O3/c1-2-21(16-11-7-4-8-12-16)19(25)24(20(26)22-21)14-17-13-18(23-27-17)15-9-5-3-6-10-15/h3-13H,2,14H2,1H3,(H,22,26). The summed E-state index contributed by atoms with van der Waals surface area (Å²) >= 11 is 0. The molecule has 1 N–H and O–H groups in total. The lowest BCUT2D eigenvalue weighted by Crippen LogP contribution is -2.43. The van der Waals surface area contributed by atoms with Gasteiger partial charge in [0.25, 0.3) is 5.91 Å². The molecule has 0 aliphatic carbocycles. The molecule has 1 aliphatic heterocycles. The van der Waals surface area contributed by atoms with Crippen molar-refractivity contribution in [2.75, 3.05) is 0 Å². The summed E-state index contributed by atoms with van der Waals surface area (Å²) in [7, 11) is 0. The SMILES string of the molecule is CCC1(c2ccccc2)NC(=O)N(Cc2cc(-c3ccccc3)no2)C1=O. The van der Waals surface area contributed by atoms with Crippen molar-refractivity contribution < 1.29 is 14.1 Å². The first kappa shape index (κ1) is 17.0. The molecule has 136 valence electrons. The van der Waals surface area contributed by atoms with Crippen LogP contribution in [-0.4, -0.2) is 22.0 Å². The van der Waals surface area contributed by atoms with Crippen LogP contribution >= 0.6 is 0 Å². The van der Waals surface area contributed by atoms with Crippen LogP contribution in [0.2, 0.25) is 0 Å². The number of carbonyl (C=O) groups is 2. The molecule has 0 bridgehead atoms. The molecular formula is C21H19N3O3. The average Bonchev–Trinajstić information content (AvgIpc) is 3.28. The number of carbonyl (C=O) groups excluding carboxylic acids is 2. The van der Waals surface area contributed by atoms with Gasteiger partial charge in [-0.3, -0.25) is 9.69 Å². The van der Waals surface area contributed by atoms with Crippen LogP contribution in [0.5, 0.6) is 0 Å².